The molecule has 2 aromatic rings. The molecule has 24 heavy (non-hydrogen) atoms. The molecule has 3 heteroatoms. The van der Waals surface area contributed by atoms with Gasteiger partial charge < -0.3 is 10.1 Å². The highest BCUT2D eigenvalue weighted by molar-refractivity contribution is 5.74. The minimum Gasteiger partial charge on any atom is -0.461 e. The van der Waals surface area contributed by atoms with Crippen LogP contribution in [0, 0.1) is 5.92 Å². The van der Waals surface area contributed by atoms with Crippen LogP contribution < -0.4 is 5.32 Å². The third-order valence-electron chi connectivity index (χ3n) is 4.44. The maximum absolute atomic E-state index is 12.4. The molecular weight excluding hydrogens is 298 g/mol. The zero-order chi connectivity index (χ0) is 16.8. The molecule has 1 N–H and O–H groups in total. The predicted molar refractivity (Wildman–Crippen MR) is 95.3 cm³/mol. The van der Waals surface area contributed by atoms with Gasteiger partial charge in [0.1, 0.15) is 6.61 Å². The number of benzene rings is 2. The largest absolute Gasteiger partial charge is 0.461 e. The lowest BCUT2D eigenvalue weighted by Crippen LogP contribution is -2.38. The third kappa shape index (κ3) is 4.12. The van der Waals surface area contributed by atoms with Crippen molar-refractivity contribution in [3.05, 3.63) is 83.9 Å². The Morgan fingerprint density at radius 1 is 1.12 bits per heavy atom. The fourth-order valence-electron chi connectivity index (χ4n) is 3.03. The highest BCUT2D eigenvalue weighted by atomic mass is 16.5. The van der Waals surface area contributed by atoms with Gasteiger partial charge in [0, 0.05) is 12.1 Å². The van der Waals surface area contributed by atoms with E-state index in [4.69, 9.17) is 4.74 Å². The Kier molecular flexibility index (Phi) is 5.44. The molecule has 0 heterocycles. The van der Waals surface area contributed by atoms with Gasteiger partial charge in [0.15, 0.2) is 0 Å². The molecule has 0 aliphatic heterocycles. The van der Waals surface area contributed by atoms with Crippen LogP contribution in [-0.4, -0.2) is 12.0 Å². The zero-order valence-electron chi connectivity index (χ0n) is 13.9. The number of hydrogen-bond acceptors (Lipinski definition) is 3. The second-order valence-electron chi connectivity index (χ2n) is 6.19. The van der Waals surface area contributed by atoms with Crippen LogP contribution in [0.5, 0.6) is 0 Å². The molecule has 2 aromatic carbocycles. The summed E-state index contributed by atoms with van der Waals surface area (Å²) in [5.41, 5.74) is 2.23. The van der Waals surface area contributed by atoms with Gasteiger partial charge in [-0.25, -0.2) is 0 Å². The van der Waals surface area contributed by atoms with Crippen LogP contribution in [-0.2, 0) is 16.1 Å². The fraction of sp³-hybridized carbons (Fsp3) is 0.286. The van der Waals surface area contributed by atoms with E-state index in [1.165, 1.54) is 5.56 Å². The van der Waals surface area contributed by atoms with Crippen molar-refractivity contribution in [1.29, 1.82) is 0 Å². The Hall–Kier alpha value is -2.39. The lowest BCUT2D eigenvalue weighted by atomic mass is 10.0. The summed E-state index contributed by atoms with van der Waals surface area (Å²) in [6.07, 6.45) is 4.87. The molecule has 1 aliphatic carbocycles. The topological polar surface area (TPSA) is 38.3 Å². The van der Waals surface area contributed by atoms with Gasteiger partial charge in [-0.1, -0.05) is 72.8 Å². The fourth-order valence-corrected chi connectivity index (χ4v) is 3.03. The van der Waals surface area contributed by atoms with Crippen molar-refractivity contribution in [3.8, 4) is 0 Å². The van der Waals surface area contributed by atoms with Gasteiger partial charge in [-0.15, -0.1) is 0 Å². The minimum absolute atomic E-state index is 0.0171. The van der Waals surface area contributed by atoms with Crippen molar-refractivity contribution in [3.63, 3.8) is 0 Å². The molecule has 0 spiro atoms. The molecule has 3 rings (SSSR count). The average Bonchev–Trinajstić information content (AvgIpc) is 3.09. The Morgan fingerprint density at radius 2 is 1.79 bits per heavy atom. The Morgan fingerprint density at radius 3 is 2.50 bits per heavy atom. The first kappa shape index (κ1) is 16.5. The van der Waals surface area contributed by atoms with Crippen LogP contribution in [0.4, 0.5) is 0 Å². The maximum atomic E-state index is 12.4. The van der Waals surface area contributed by atoms with Gasteiger partial charge in [0.25, 0.3) is 0 Å². The summed E-state index contributed by atoms with van der Waals surface area (Å²) in [5.74, 6) is -0.290. The average molecular weight is 321 g/mol. The van der Waals surface area contributed by atoms with E-state index >= 15 is 0 Å². The smallest absolute Gasteiger partial charge is 0.311 e. The lowest BCUT2D eigenvalue weighted by molar-refractivity contribution is -0.150. The van der Waals surface area contributed by atoms with Crippen LogP contribution in [0.15, 0.2) is 72.8 Å². The lowest BCUT2D eigenvalue weighted by Gasteiger charge is -2.24. The number of carbonyl (C=O) groups is 1. The van der Waals surface area contributed by atoms with Crippen molar-refractivity contribution in [2.75, 3.05) is 0 Å². The van der Waals surface area contributed by atoms with E-state index in [0.717, 1.165) is 12.0 Å². The zero-order valence-corrected chi connectivity index (χ0v) is 13.9. The molecule has 0 aromatic heterocycles. The normalized spacial score (nSPS) is 20.7. The second kappa shape index (κ2) is 7.93. The number of nitrogens with one attached hydrogen (secondary N) is 1. The molecule has 0 radical (unpaired) electrons. The number of carbonyl (C=O) groups excluding carboxylic acids is 1. The number of esters is 1. The van der Waals surface area contributed by atoms with Crippen molar-refractivity contribution < 1.29 is 9.53 Å². The standard InChI is InChI=1S/C21H23NO2/c1-16(18-11-6-3-7-12-18)22-20-14-8-13-19(20)21(23)24-15-17-9-4-2-5-10-17/h2-12,14,16,19-20,22H,13,15H2,1H3/t16-,19+,20+/m1/s1. The number of rotatable bonds is 6. The van der Waals surface area contributed by atoms with Crippen LogP contribution in [0.25, 0.3) is 0 Å². The summed E-state index contributed by atoms with van der Waals surface area (Å²) in [4.78, 5) is 12.4. The van der Waals surface area contributed by atoms with Gasteiger partial charge in [0.05, 0.1) is 5.92 Å². The summed E-state index contributed by atoms with van der Waals surface area (Å²) in [6.45, 7) is 2.45. The van der Waals surface area contributed by atoms with Crippen molar-refractivity contribution in [2.45, 2.75) is 32.0 Å². The second-order valence-corrected chi connectivity index (χ2v) is 6.19. The third-order valence-corrected chi connectivity index (χ3v) is 4.44. The van der Waals surface area contributed by atoms with E-state index in [1.54, 1.807) is 0 Å². The molecule has 3 nitrogen and oxygen atoms in total. The summed E-state index contributed by atoms with van der Waals surface area (Å²) in [7, 11) is 0. The first-order valence-corrected chi connectivity index (χ1v) is 8.42. The molecule has 0 amide bonds. The molecule has 0 fully saturated rings. The number of ether oxygens (including phenoxy) is 1. The summed E-state index contributed by atoms with van der Waals surface area (Å²) in [5, 5.41) is 3.54. The van der Waals surface area contributed by atoms with E-state index < -0.39 is 0 Å². The molecule has 124 valence electrons. The van der Waals surface area contributed by atoms with Gasteiger partial charge in [-0.05, 0) is 24.5 Å². The molecule has 0 bridgehead atoms. The van der Waals surface area contributed by atoms with Crippen LogP contribution in [0.1, 0.15) is 30.5 Å². The van der Waals surface area contributed by atoms with Crippen LogP contribution >= 0.6 is 0 Å². The highest BCUT2D eigenvalue weighted by Crippen LogP contribution is 2.24. The molecule has 0 saturated heterocycles. The minimum atomic E-state index is -0.153. The molecule has 0 saturated carbocycles. The first-order valence-electron chi connectivity index (χ1n) is 8.42. The number of allylic oxidation sites excluding steroid dienone is 1. The summed E-state index contributed by atoms with van der Waals surface area (Å²) >= 11 is 0. The number of hydrogen-bond donors (Lipinski definition) is 1. The van der Waals surface area contributed by atoms with E-state index in [1.807, 2.05) is 48.5 Å². The Balaban J connectivity index is 1.56. The molecule has 1 aliphatic rings. The molecular formula is C21H23NO2. The SMILES string of the molecule is C[C@@H](N[C@H]1C=CC[C@@H]1C(=O)OCc1ccccc1)c1ccccc1. The van der Waals surface area contributed by atoms with Crippen molar-refractivity contribution >= 4 is 5.97 Å². The Labute approximate surface area is 143 Å². The van der Waals surface area contributed by atoms with Gasteiger partial charge >= 0.3 is 5.97 Å². The quantitative estimate of drug-likeness (QED) is 0.645. The van der Waals surface area contributed by atoms with Crippen molar-refractivity contribution in [2.24, 2.45) is 5.92 Å². The van der Waals surface area contributed by atoms with Crippen LogP contribution in [0.3, 0.4) is 0 Å². The monoisotopic (exact) mass is 321 g/mol. The predicted octanol–water partition coefficient (Wildman–Crippen LogP) is 4.03. The van der Waals surface area contributed by atoms with E-state index in [0.29, 0.717) is 6.61 Å². The summed E-state index contributed by atoms with van der Waals surface area (Å²) < 4.78 is 5.51. The van der Waals surface area contributed by atoms with E-state index in [-0.39, 0.29) is 24.0 Å². The highest BCUT2D eigenvalue weighted by Gasteiger charge is 2.31. The van der Waals surface area contributed by atoms with Crippen LogP contribution in [0.2, 0.25) is 0 Å². The molecule has 0 unspecified atom stereocenters. The van der Waals surface area contributed by atoms with Crippen molar-refractivity contribution in [1.82, 2.24) is 5.32 Å². The Bertz CT molecular complexity index is 681. The van der Waals surface area contributed by atoms with Gasteiger partial charge in [-0.2, -0.15) is 0 Å². The van der Waals surface area contributed by atoms with Gasteiger partial charge in [-0.3, -0.25) is 4.79 Å². The van der Waals surface area contributed by atoms with E-state index in [2.05, 4.69) is 36.5 Å². The van der Waals surface area contributed by atoms with E-state index in [9.17, 15) is 4.79 Å². The maximum Gasteiger partial charge on any atom is 0.311 e. The first-order chi connectivity index (χ1) is 11.7. The summed E-state index contributed by atoms with van der Waals surface area (Å²) in [6, 6.07) is 20.3. The van der Waals surface area contributed by atoms with Gasteiger partial charge in [0.2, 0.25) is 0 Å². The molecule has 3 atom stereocenters.